The zero-order chi connectivity index (χ0) is 20.4. The number of phenols is 1. The van der Waals surface area contributed by atoms with Crippen molar-refractivity contribution in [2.24, 2.45) is 0 Å². The van der Waals surface area contributed by atoms with Crippen molar-refractivity contribution in [3.05, 3.63) is 48.0 Å². The summed E-state index contributed by atoms with van der Waals surface area (Å²) in [4.78, 5) is -0.257. The molecule has 6 heteroatoms. The Morgan fingerprint density at radius 1 is 0.893 bits per heavy atom. The summed E-state index contributed by atoms with van der Waals surface area (Å²) in [5.41, 5.74) is 0.726. The predicted octanol–water partition coefficient (Wildman–Crippen LogP) is 6.11. The van der Waals surface area contributed by atoms with Gasteiger partial charge in [0.1, 0.15) is 16.4 Å². The molecule has 0 aliphatic heterocycles. The van der Waals surface area contributed by atoms with E-state index < -0.39 is 10.1 Å². The van der Waals surface area contributed by atoms with Gasteiger partial charge in [0.25, 0.3) is 10.1 Å². The SMILES string of the molecule is CCCCCCCCCCc1cccc(S(=O)(=O)O)c1Oc1cccc(O)c1. The van der Waals surface area contributed by atoms with E-state index in [1.807, 2.05) is 6.07 Å². The zero-order valence-electron chi connectivity index (χ0n) is 16.4. The summed E-state index contributed by atoms with van der Waals surface area (Å²) in [5.74, 6) is 0.457. The van der Waals surface area contributed by atoms with E-state index in [1.165, 1.54) is 50.3 Å². The fourth-order valence-corrected chi connectivity index (χ4v) is 3.85. The van der Waals surface area contributed by atoms with Crippen LogP contribution in [0.1, 0.15) is 63.9 Å². The van der Waals surface area contributed by atoms with E-state index >= 15 is 0 Å². The first-order valence-electron chi connectivity index (χ1n) is 9.98. The Morgan fingerprint density at radius 3 is 2.18 bits per heavy atom. The molecule has 154 valence electrons. The molecule has 2 aromatic carbocycles. The molecule has 0 fully saturated rings. The molecule has 2 N–H and O–H groups in total. The number of hydrogen-bond acceptors (Lipinski definition) is 4. The third kappa shape index (κ3) is 7.17. The molecule has 28 heavy (non-hydrogen) atoms. The lowest BCUT2D eigenvalue weighted by Crippen LogP contribution is -2.04. The van der Waals surface area contributed by atoms with Crippen LogP contribution in [0.25, 0.3) is 0 Å². The smallest absolute Gasteiger partial charge is 0.298 e. The summed E-state index contributed by atoms with van der Waals surface area (Å²) in [6.45, 7) is 2.21. The molecule has 0 amide bonds. The summed E-state index contributed by atoms with van der Waals surface area (Å²) in [7, 11) is -4.42. The monoisotopic (exact) mass is 406 g/mol. The molecule has 0 radical (unpaired) electrons. The lowest BCUT2D eigenvalue weighted by Gasteiger charge is -2.14. The van der Waals surface area contributed by atoms with Crippen LogP contribution in [0.4, 0.5) is 0 Å². The van der Waals surface area contributed by atoms with Gasteiger partial charge in [-0.2, -0.15) is 8.42 Å². The maximum Gasteiger partial charge on any atom is 0.298 e. The van der Waals surface area contributed by atoms with Gasteiger partial charge in [0.05, 0.1) is 0 Å². The summed E-state index contributed by atoms with van der Waals surface area (Å²) < 4.78 is 38.9. The van der Waals surface area contributed by atoms with E-state index in [4.69, 9.17) is 4.74 Å². The Labute approximate surface area is 168 Å². The van der Waals surface area contributed by atoms with Crippen LogP contribution in [-0.2, 0) is 16.5 Å². The van der Waals surface area contributed by atoms with E-state index in [2.05, 4.69) is 6.92 Å². The van der Waals surface area contributed by atoms with Crippen LogP contribution >= 0.6 is 0 Å². The third-order valence-corrected chi connectivity index (χ3v) is 5.55. The lowest BCUT2D eigenvalue weighted by molar-refractivity contribution is 0.436. The van der Waals surface area contributed by atoms with Crippen LogP contribution in [0.15, 0.2) is 47.4 Å². The Kier molecular flexibility index (Phi) is 8.80. The summed E-state index contributed by atoms with van der Waals surface area (Å²) in [5, 5.41) is 9.62. The largest absolute Gasteiger partial charge is 0.508 e. The van der Waals surface area contributed by atoms with Crippen molar-refractivity contribution in [1.82, 2.24) is 0 Å². The highest BCUT2D eigenvalue weighted by Crippen LogP contribution is 2.34. The second-order valence-corrected chi connectivity index (χ2v) is 8.43. The Bertz CT molecular complexity index is 846. The molecule has 0 unspecified atom stereocenters. The van der Waals surface area contributed by atoms with E-state index in [0.717, 1.165) is 24.8 Å². The van der Waals surface area contributed by atoms with E-state index in [0.29, 0.717) is 12.2 Å². The van der Waals surface area contributed by atoms with Crippen LogP contribution in [0.2, 0.25) is 0 Å². The first-order chi connectivity index (χ1) is 13.4. The normalized spacial score (nSPS) is 11.5. The summed E-state index contributed by atoms with van der Waals surface area (Å²) >= 11 is 0. The van der Waals surface area contributed by atoms with Crippen molar-refractivity contribution in [2.75, 3.05) is 0 Å². The maximum atomic E-state index is 11.8. The number of benzene rings is 2. The van der Waals surface area contributed by atoms with Gasteiger partial charge < -0.3 is 9.84 Å². The Morgan fingerprint density at radius 2 is 1.54 bits per heavy atom. The fourth-order valence-electron chi connectivity index (χ4n) is 3.19. The van der Waals surface area contributed by atoms with Crippen molar-refractivity contribution in [1.29, 1.82) is 0 Å². The predicted molar refractivity (Wildman–Crippen MR) is 111 cm³/mol. The summed E-state index contributed by atoms with van der Waals surface area (Å²) in [6.07, 6.45) is 10.1. The molecule has 2 aromatic rings. The van der Waals surface area contributed by atoms with Gasteiger partial charge in [-0.25, -0.2) is 0 Å². The maximum absolute atomic E-state index is 11.8. The number of unbranched alkanes of at least 4 members (excludes halogenated alkanes) is 7. The highest BCUT2D eigenvalue weighted by atomic mass is 32.2. The van der Waals surface area contributed by atoms with Gasteiger partial charge >= 0.3 is 0 Å². The number of rotatable bonds is 12. The van der Waals surface area contributed by atoms with E-state index in [9.17, 15) is 18.1 Å². The van der Waals surface area contributed by atoms with Crippen LogP contribution in [0.5, 0.6) is 17.2 Å². The molecule has 0 saturated carbocycles. The molecule has 0 aromatic heterocycles. The second-order valence-electron chi connectivity index (χ2n) is 7.04. The van der Waals surface area contributed by atoms with Gasteiger partial charge in [-0.3, -0.25) is 4.55 Å². The molecule has 2 rings (SSSR count). The van der Waals surface area contributed by atoms with Crippen molar-refractivity contribution >= 4 is 10.1 Å². The van der Waals surface area contributed by atoms with E-state index in [1.54, 1.807) is 18.2 Å². The first-order valence-corrected chi connectivity index (χ1v) is 11.4. The van der Waals surface area contributed by atoms with Gasteiger partial charge in [-0.15, -0.1) is 0 Å². The molecule has 0 heterocycles. The standard InChI is InChI=1S/C22H30O5S/c1-2-3-4-5-6-7-8-9-12-18-13-10-16-21(28(24,25)26)22(18)27-20-15-11-14-19(23)17-20/h10-11,13-17,23H,2-9,12H2,1H3,(H,24,25,26). The molecule has 0 aliphatic carbocycles. The van der Waals surface area contributed by atoms with Crippen LogP contribution in [0, 0.1) is 0 Å². The third-order valence-electron chi connectivity index (χ3n) is 4.68. The van der Waals surface area contributed by atoms with E-state index in [-0.39, 0.29) is 16.4 Å². The lowest BCUT2D eigenvalue weighted by atomic mass is 10.0. The highest BCUT2D eigenvalue weighted by molar-refractivity contribution is 7.86. The topological polar surface area (TPSA) is 83.8 Å². The number of para-hydroxylation sites is 1. The van der Waals surface area contributed by atoms with Gasteiger partial charge in [-0.05, 0) is 36.6 Å². The molecular formula is C22H30O5S. The zero-order valence-corrected chi connectivity index (χ0v) is 17.2. The van der Waals surface area contributed by atoms with Gasteiger partial charge in [0.2, 0.25) is 0 Å². The van der Waals surface area contributed by atoms with Crippen molar-refractivity contribution < 1.29 is 22.8 Å². The van der Waals surface area contributed by atoms with Crippen molar-refractivity contribution in [2.45, 2.75) is 69.6 Å². The minimum Gasteiger partial charge on any atom is -0.508 e. The second kappa shape index (κ2) is 11.1. The average molecular weight is 407 g/mol. The van der Waals surface area contributed by atoms with Crippen molar-refractivity contribution in [3.63, 3.8) is 0 Å². The minimum atomic E-state index is -4.42. The van der Waals surface area contributed by atoms with Crippen molar-refractivity contribution in [3.8, 4) is 17.2 Å². The first kappa shape index (κ1) is 22.2. The Balaban J connectivity index is 2.06. The Hall–Kier alpha value is -2.05. The number of aryl methyl sites for hydroxylation is 1. The van der Waals surface area contributed by atoms with Gasteiger partial charge in [0.15, 0.2) is 5.75 Å². The fraction of sp³-hybridized carbons (Fsp3) is 0.455. The average Bonchev–Trinajstić information content (AvgIpc) is 2.64. The number of aromatic hydroxyl groups is 1. The summed E-state index contributed by atoms with van der Waals surface area (Å²) in [6, 6.07) is 10.9. The number of hydrogen-bond donors (Lipinski definition) is 2. The molecule has 0 atom stereocenters. The molecular weight excluding hydrogens is 376 g/mol. The molecule has 0 spiro atoms. The van der Waals surface area contributed by atoms with Crippen LogP contribution in [-0.4, -0.2) is 18.1 Å². The molecule has 0 bridgehead atoms. The van der Waals surface area contributed by atoms with Crippen LogP contribution in [0.3, 0.4) is 0 Å². The van der Waals surface area contributed by atoms with Gasteiger partial charge in [0, 0.05) is 6.07 Å². The number of ether oxygens (including phenoxy) is 1. The highest BCUT2D eigenvalue weighted by Gasteiger charge is 2.20. The van der Waals surface area contributed by atoms with Gasteiger partial charge in [-0.1, -0.05) is 70.1 Å². The number of phenolic OH excluding ortho intramolecular Hbond substituents is 1. The molecule has 0 saturated heterocycles. The molecule has 5 nitrogen and oxygen atoms in total. The van der Waals surface area contributed by atoms with Crippen LogP contribution < -0.4 is 4.74 Å². The quantitative estimate of drug-likeness (QED) is 0.328. The minimum absolute atomic E-state index is 0.0199. The molecule has 0 aliphatic rings.